The second-order valence-electron chi connectivity index (χ2n) is 9.56. The van der Waals surface area contributed by atoms with Gasteiger partial charge in [0.05, 0.1) is 17.8 Å². The van der Waals surface area contributed by atoms with E-state index in [9.17, 15) is 4.79 Å². The molecular weight excluding hydrogens is 611 g/mol. The van der Waals surface area contributed by atoms with Gasteiger partial charge in [-0.15, -0.1) is 0 Å². The van der Waals surface area contributed by atoms with E-state index < -0.39 is 6.09 Å². The number of para-hydroxylation sites is 1. The lowest BCUT2D eigenvalue weighted by Crippen LogP contribution is -2.14. The molecule has 4 aromatic carbocycles. The van der Waals surface area contributed by atoms with Gasteiger partial charge in [-0.1, -0.05) is 90.5 Å². The first kappa shape index (κ1) is 26.1. The molecule has 6 aromatic rings. The maximum atomic E-state index is 13.7. The highest BCUT2D eigenvalue weighted by Gasteiger charge is 2.25. The molecule has 0 aliphatic carbocycles. The fourth-order valence-electron chi connectivity index (χ4n) is 4.99. The second kappa shape index (κ2) is 11.1. The van der Waals surface area contributed by atoms with Crippen LogP contribution in [0.25, 0.3) is 44.3 Å². The lowest BCUT2D eigenvalue weighted by molar-refractivity contribution is 0.143. The normalized spacial score (nSPS) is 11.2. The van der Waals surface area contributed by atoms with Crippen molar-refractivity contribution in [3.05, 3.63) is 118 Å². The molecule has 0 amide bonds. The first-order valence-electron chi connectivity index (χ1n) is 13.2. The van der Waals surface area contributed by atoms with Gasteiger partial charge in [0, 0.05) is 25.5 Å². The van der Waals surface area contributed by atoms with E-state index in [4.69, 9.17) is 14.5 Å². The summed E-state index contributed by atoms with van der Waals surface area (Å²) in [5.74, 6) is 0.817. The van der Waals surface area contributed by atoms with Crippen molar-refractivity contribution in [2.45, 2.75) is 20.5 Å². The predicted octanol–water partition coefficient (Wildman–Crippen LogP) is 9.02. The molecule has 5 nitrogen and oxygen atoms in total. The number of ether oxygens (including phenoxy) is 2. The van der Waals surface area contributed by atoms with E-state index in [0.29, 0.717) is 12.3 Å². The number of pyridine rings is 1. The van der Waals surface area contributed by atoms with E-state index >= 15 is 0 Å². The Hall–Kier alpha value is -4.17. The summed E-state index contributed by atoms with van der Waals surface area (Å²) < 4.78 is 14.2. The number of fused-ring (bicyclic) bond motifs is 3. The highest BCUT2D eigenvalue weighted by Crippen LogP contribution is 2.42. The molecule has 40 heavy (non-hydrogen) atoms. The molecule has 6 heteroatoms. The van der Waals surface area contributed by atoms with Gasteiger partial charge in [0.2, 0.25) is 0 Å². The molecule has 0 aliphatic heterocycles. The van der Waals surface area contributed by atoms with E-state index in [-0.39, 0.29) is 6.61 Å². The summed E-state index contributed by atoms with van der Waals surface area (Å²) in [6.45, 7) is 4.82. The Balaban J connectivity index is 1.61. The average molecular weight is 639 g/mol. The van der Waals surface area contributed by atoms with Crippen LogP contribution in [0, 0.1) is 10.5 Å². The molecule has 2 aromatic heterocycles. The third-order valence-electron chi connectivity index (χ3n) is 6.91. The highest BCUT2D eigenvalue weighted by atomic mass is 127. The maximum Gasteiger partial charge on any atom is 0.420 e. The Morgan fingerprint density at radius 3 is 2.25 bits per heavy atom. The number of hydrogen-bond donors (Lipinski definition) is 0. The molecular formula is C34H27IN2O3. The smallest absolute Gasteiger partial charge is 0.420 e. The number of aryl methyl sites for hydroxylation is 1. The van der Waals surface area contributed by atoms with Gasteiger partial charge in [-0.3, -0.25) is 0 Å². The Morgan fingerprint density at radius 1 is 0.850 bits per heavy atom. The number of aromatic nitrogens is 2. The zero-order valence-corrected chi connectivity index (χ0v) is 24.4. The van der Waals surface area contributed by atoms with Crippen molar-refractivity contribution >= 4 is 50.6 Å². The molecule has 0 bridgehead atoms. The van der Waals surface area contributed by atoms with E-state index in [1.807, 2.05) is 73.7 Å². The van der Waals surface area contributed by atoms with Gasteiger partial charge in [-0.2, -0.15) is 0 Å². The Labute approximate surface area is 246 Å². The third kappa shape index (κ3) is 4.84. The first-order chi connectivity index (χ1) is 19.5. The van der Waals surface area contributed by atoms with Crippen LogP contribution < -0.4 is 4.74 Å². The van der Waals surface area contributed by atoms with Gasteiger partial charge in [0.1, 0.15) is 12.4 Å². The minimum atomic E-state index is -0.462. The molecule has 0 radical (unpaired) electrons. The first-order valence-corrected chi connectivity index (χ1v) is 14.3. The zero-order valence-electron chi connectivity index (χ0n) is 22.2. The molecule has 0 atom stereocenters. The monoisotopic (exact) mass is 638 g/mol. The van der Waals surface area contributed by atoms with Gasteiger partial charge in [-0.05, 0) is 65.8 Å². The van der Waals surface area contributed by atoms with Crippen molar-refractivity contribution in [2.24, 2.45) is 0 Å². The molecule has 0 unspecified atom stereocenters. The summed E-state index contributed by atoms with van der Waals surface area (Å²) in [5.41, 5.74) is 7.27. The lowest BCUT2D eigenvalue weighted by Gasteiger charge is -2.14. The number of hydrogen-bond acceptors (Lipinski definition) is 4. The molecule has 0 aliphatic rings. The van der Waals surface area contributed by atoms with Crippen molar-refractivity contribution < 1.29 is 14.3 Å². The quantitative estimate of drug-likeness (QED) is 0.171. The molecule has 0 spiro atoms. The fourth-order valence-corrected chi connectivity index (χ4v) is 6.00. The molecule has 0 fully saturated rings. The largest absolute Gasteiger partial charge is 0.494 e. The summed E-state index contributed by atoms with van der Waals surface area (Å²) in [6, 6.07) is 34.0. The van der Waals surface area contributed by atoms with E-state index in [2.05, 4.69) is 65.9 Å². The van der Waals surface area contributed by atoms with Crippen LogP contribution in [0.1, 0.15) is 18.1 Å². The van der Waals surface area contributed by atoms with Crippen molar-refractivity contribution in [1.82, 2.24) is 9.55 Å². The summed E-state index contributed by atoms with van der Waals surface area (Å²) in [4.78, 5) is 18.9. The van der Waals surface area contributed by atoms with E-state index in [0.717, 1.165) is 53.6 Å². The van der Waals surface area contributed by atoms with Gasteiger partial charge >= 0.3 is 6.09 Å². The minimum Gasteiger partial charge on any atom is -0.494 e. The molecule has 6 rings (SSSR count). The number of carbonyl (C=O) groups excluding carboxylic acids is 1. The summed E-state index contributed by atoms with van der Waals surface area (Å²) in [5, 5.41) is 1.86. The number of rotatable bonds is 6. The van der Waals surface area contributed by atoms with Gasteiger partial charge < -0.3 is 9.47 Å². The molecule has 198 valence electrons. The van der Waals surface area contributed by atoms with Crippen molar-refractivity contribution in [2.75, 3.05) is 6.61 Å². The minimum absolute atomic E-state index is 0.175. The summed E-state index contributed by atoms with van der Waals surface area (Å²) >= 11 is 2.39. The van der Waals surface area contributed by atoms with Gasteiger partial charge in [0.15, 0.2) is 5.65 Å². The molecule has 0 saturated heterocycles. The van der Waals surface area contributed by atoms with Gasteiger partial charge in [0.25, 0.3) is 0 Å². The number of carbonyl (C=O) groups is 1. The van der Waals surface area contributed by atoms with Crippen molar-refractivity contribution in [3.63, 3.8) is 0 Å². The van der Waals surface area contributed by atoms with Crippen LogP contribution in [-0.4, -0.2) is 22.3 Å². The topological polar surface area (TPSA) is 53.4 Å². The second-order valence-corrected chi connectivity index (χ2v) is 10.6. The van der Waals surface area contributed by atoms with E-state index in [1.54, 1.807) is 4.57 Å². The van der Waals surface area contributed by atoms with Crippen LogP contribution in [0.3, 0.4) is 0 Å². The van der Waals surface area contributed by atoms with Gasteiger partial charge in [-0.25, -0.2) is 14.3 Å². The fraction of sp³-hybridized carbons (Fsp3) is 0.118. The van der Waals surface area contributed by atoms with E-state index in [1.165, 1.54) is 5.56 Å². The van der Waals surface area contributed by atoms with Crippen molar-refractivity contribution in [3.8, 4) is 28.1 Å². The molecule has 2 heterocycles. The van der Waals surface area contributed by atoms with Crippen LogP contribution in [0.5, 0.6) is 5.75 Å². The number of nitrogens with zero attached hydrogens (tertiary/aromatic N) is 2. The number of benzene rings is 4. The van der Waals surface area contributed by atoms with Crippen LogP contribution >= 0.6 is 22.6 Å². The average Bonchev–Trinajstić information content (AvgIpc) is 3.31. The highest BCUT2D eigenvalue weighted by molar-refractivity contribution is 14.1. The Bertz CT molecular complexity index is 1830. The van der Waals surface area contributed by atoms with Crippen LogP contribution in [-0.2, 0) is 11.3 Å². The molecule has 0 N–H and O–H groups in total. The van der Waals surface area contributed by atoms with Crippen molar-refractivity contribution in [1.29, 1.82) is 0 Å². The molecule has 0 saturated carbocycles. The summed E-state index contributed by atoms with van der Waals surface area (Å²) in [7, 11) is 0. The maximum absolute atomic E-state index is 13.7. The predicted molar refractivity (Wildman–Crippen MR) is 169 cm³/mol. The van der Waals surface area contributed by atoms with Crippen LogP contribution in [0.2, 0.25) is 0 Å². The Morgan fingerprint density at radius 2 is 1.52 bits per heavy atom. The number of halogens is 1. The van der Waals surface area contributed by atoms with Crippen LogP contribution in [0.15, 0.2) is 103 Å². The standard InChI is InChI=1S/C34H27IN2O3/c1-3-39-26-19-17-24(18-20-26)29-30-27-11-7-8-12-28(27)37(34(38)40-21-23-9-5-4-6-10-23)33(30)36-32(31(29)35)25-15-13-22(2)14-16-25/h4-20H,3,21H2,1-2H3. The lowest BCUT2D eigenvalue weighted by atomic mass is 9.98. The SMILES string of the molecule is CCOc1ccc(-c2c(I)c(-c3ccc(C)cc3)nc3c2c2ccccc2n3C(=O)OCc2ccccc2)cc1. The Kier molecular flexibility index (Phi) is 7.26. The third-order valence-corrected chi connectivity index (χ3v) is 7.96. The van der Waals surface area contributed by atoms with Crippen LogP contribution in [0.4, 0.5) is 4.79 Å². The zero-order chi connectivity index (χ0) is 27.6. The summed E-state index contributed by atoms with van der Waals surface area (Å²) in [6.07, 6.45) is -0.462.